The number of carbonyl (C=O) groups excluding carboxylic acids is 3. The molecule has 0 bridgehead atoms. The number of imide groups is 1. The zero-order chi connectivity index (χ0) is 23.1. The summed E-state index contributed by atoms with van der Waals surface area (Å²) < 4.78 is 10.5. The molecular formula is C23H27N3O6. The van der Waals surface area contributed by atoms with Gasteiger partial charge >= 0.3 is 6.03 Å². The molecule has 3 rings (SSSR count). The van der Waals surface area contributed by atoms with Crippen molar-refractivity contribution in [1.82, 2.24) is 15.5 Å². The van der Waals surface area contributed by atoms with Crippen molar-refractivity contribution < 1.29 is 29.0 Å². The summed E-state index contributed by atoms with van der Waals surface area (Å²) in [7, 11) is 3.08. The minimum Gasteiger partial charge on any atom is -0.493 e. The molecule has 9 heteroatoms. The molecule has 32 heavy (non-hydrogen) atoms. The van der Waals surface area contributed by atoms with E-state index in [-0.39, 0.29) is 19.6 Å². The molecule has 2 aromatic rings. The van der Waals surface area contributed by atoms with E-state index in [2.05, 4.69) is 10.6 Å². The Morgan fingerprint density at radius 1 is 1.12 bits per heavy atom. The van der Waals surface area contributed by atoms with Crippen LogP contribution in [0.2, 0.25) is 0 Å². The third-order valence-corrected chi connectivity index (χ3v) is 5.29. The minimum absolute atomic E-state index is 0.168. The fourth-order valence-corrected chi connectivity index (χ4v) is 3.56. The van der Waals surface area contributed by atoms with E-state index in [1.165, 1.54) is 7.11 Å². The molecule has 9 nitrogen and oxygen atoms in total. The van der Waals surface area contributed by atoms with Gasteiger partial charge < -0.3 is 25.2 Å². The third-order valence-electron chi connectivity index (χ3n) is 5.29. The predicted molar refractivity (Wildman–Crippen MR) is 116 cm³/mol. The number of ether oxygens (including phenoxy) is 2. The molecule has 3 N–H and O–H groups in total. The number of rotatable bonds is 10. The Kier molecular flexibility index (Phi) is 7.67. The van der Waals surface area contributed by atoms with Crippen LogP contribution in [0.4, 0.5) is 4.79 Å². The molecule has 0 radical (unpaired) electrons. The zero-order valence-corrected chi connectivity index (χ0v) is 18.0. The van der Waals surface area contributed by atoms with Crippen LogP contribution in [0.15, 0.2) is 48.5 Å². The average Bonchev–Trinajstić information content (AvgIpc) is 3.08. The highest BCUT2D eigenvalue weighted by Crippen LogP contribution is 2.28. The van der Waals surface area contributed by atoms with Crippen LogP contribution in [0.3, 0.4) is 0 Å². The van der Waals surface area contributed by atoms with E-state index in [1.54, 1.807) is 43.5 Å². The summed E-state index contributed by atoms with van der Waals surface area (Å²) in [5, 5.41) is 14.9. The summed E-state index contributed by atoms with van der Waals surface area (Å²) >= 11 is 0. The first kappa shape index (κ1) is 23.1. The molecule has 1 heterocycles. The normalized spacial score (nSPS) is 16.5. The van der Waals surface area contributed by atoms with Gasteiger partial charge in [0.05, 0.1) is 33.3 Å². The van der Waals surface area contributed by atoms with Gasteiger partial charge in [0, 0.05) is 6.54 Å². The lowest BCUT2D eigenvalue weighted by atomic mass is 10.1. The highest BCUT2D eigenvalue weighted by atomic mass is 16.5. The van der Waals surface area contributed by atoms with E-state index in [0.29, 0.717) is 17.9 Å². The van der Waals surface area contributed by atoms with E-state index in [0.717, 1.165) is 16.0 Å². The van der Waals surface area contributed by atoms with Gasteiger partial charge in [-0.2, -0.15) is 0 Å². The van der Waals surface area contributed by atoms with Crippen LogP contribution in [-0.4, -0.2) is 61.3 Å². The van der Waals surface area contributed by atoms with E-state index in [9.17, 15) is 19.5 Å². The second-order valence-electron chi connectivity index (χ2n) is 7.35. The van der Waals surface area contributed by atoms with Gasteiger partial charge in [0.2, 0.25) is 5.91 Å². The molecule has 0 aliphatic carbocycles. The van der Waals surface area contributed by atoms with Crippen LogP contribution in [0.25, 0.3) is 0 Å². The van der Waals surface area contributed by atoms with Crippen molar-refractivity contribution in [3.05, 3.63) is 59.7 Å². The van der Waals surface area contributed by atoms with E-state index < -0.39 is 29.9 Å². The van der Waals surface area contributed by atoms with Gasteiger partial charge in [-0.25, -0.2) is 4.79 Å². The number of benzene rings is 2. The molecule has 0 saturated carbocycles. The van der Waals surface area contributed by atoms with Crippen molar-refractivity contribution in [2.24, 2.45) is 0 Å². The molecule has 4 amide bonds. The number of carbonyl (C=O) groups is 3. The molecular weight excluding hydrogens is 414 g/mol. The van der Waals surface area contributed by atoms with E-state index in [4.69, 9.17) is 9.47 Å². The van der Waals surface area contributed by atoms with Gasteiger partial charge in [-0.1, -0.05) is 36.4 Å². The first-order valence-corrected chi connectivity index (χ1v) is 10.2. The highest BCUT2D eigenvalue weighted by Gasteiger charge is 2.38. The Morgan fingerprint density at radius 2 is 1.84 bits per heavy atom. The average molecular weight is 441 g/mol. The molecule has 1 fully saturated rings. The third kappa shape index (κ3) is 5.36. The van der Waals surface area contributed by atoms with Crippen molar-refractivity contribution in [3.63, 3.8) is 0 Å². The van der Waals surface area contributed by atoms with Gasteiger partial charge in [0.1, 0.15) is 6.04 Å². The molecule has 170 valence electrons. The Labute approximate surface area is 186 Å². The maximum absolute atomic E-state index is 12.7. The minimum atomic E-state index is -0.942. The molecule has 0 unspecified atom stereocenters. The topological polar surface area (TPSA) is 117 Å². The standard InChI is InChI=1S/C23H27N3O6/c1-31-19-9-8-15(12-20(19)32-2)10-11-26-22(29)17(25-23(26)30)13-21(28)24-18(14-27)16-6-4-3-5-7-16/h3-9,12,17-18,27H,10-11,13-14H2,1-2H3,(H,24,28)(H,25,30)/t17-,18-/m1/s1. The molecule has 1 aliphatic rings. The molecule has 0 aromatic heterocycles. The Balaban J connectivity index is 1.56. The fourth-order valence-electron chi connectivity index (χ4n) is 3.56. The summed E-state index contributed by atoms with van der Waals surface area (Å²) in [5.74, 6) is 0.266. The predicted octanol–water partition coefficient (Wildman–Crippen LogP) is 1.41. The Hall–Kier alpha value is -3.59. The van der Waals surface area contributed by atoms with Gasteiger partial charge in [0.15, 0.2) is 11.5 Å². The Morgan fingerprint density at radius 3 is 2.50 bits per heavy atom. The molecule has 2 atom stereocenters. The molecule has 2 aromatic carbocycles. The van der Waals surface area contributed by atoms with Crippen LogP contribution in [0.1, 0.15) is 23.6 Å². The SMILES string of the molecule is COc1ccc(CCN2C(=O)N[C@H](CC(=O)N[C@H](CO)c3ccccc3)C2=O)cc1OC. The number of hydrogen-bond acceptors (Lipinski definition) is 6. The number of aliphatic hydroxyl groups is 1. The summed E-state index contributed by atoms with van der Waals surface area (Å²) in [6.07, 6.45) is 0.222. The van der Waals surface area contributed by atoms with Crippen LogP contribution in [-0.2, 0) is 16.0 Å². The van der Waals surface area contributed by atoms with Gasteiger partial charge in [-0.15, -0.1) is 0 Å². The second kappa shape index (κ2) is 10.6. The van der Waals surface area contributed by atoms with Crippen LogP contribution >= 0.6 is 0 Å². The summed E-state index contributed by atoms with van der Waals surface area (Å²) in [5.41, 5.74) is 1.62. The summed E-state index contributed by atoms with van der Waals surface area (Å²) in [6.45, 7) is -0.111. The van der Waals surface area contributed by atoms with Crippen LogP contribution in [0.5, 0.6) is 11.5 Å². The maximum atomic E-state index is 12.7. The van der Waals surface area contributed by atoms with Crippen molar-refractivity contribution in [1.29, 1.82) is 0 Å². The number of nitrogens with zero attached hydrogens (tertiary/aromatic N) is 1. The lowest BCUT2D eigenvalue weighted by Crippen LogP contribution is -2.38. The van der Waals surface area contributed by atoms with Gasteiger partial charge in [0.25, 0.3) is 5.91 Å². The number of amides is 4. The molecule has 0 spiro atoms. The maximum Gasteiger partial charge on any atom is 0.324 e. The Bertz CT molecular complexity index is 965. The lowest BCUT2D eigenvalue weighted by Gasteiger charge is -2.18. The van der Waals surface area contributed by atoms with Crippen LogP contribution in [0, 0.1) is 0 Å². The van der Waals surface area contributed by atoms with Crippen molar-refractivity contribution in [2.75, 3.05) is 27.4 Å². The summed E-state index contributed by atoms with van der Waals surface area (Å²) in [6, 6.07) is 12.4. The number of methoxy groups -OCH3 is 2. The fraction of sp³-hybridized carbons (Fsp3) is 0.348. The lowest BCUT2D eigenvalue weighted by molar-refractivity contribution is -0.131. The van der Waals surface area contributed by atoms with Crippen molar-refractivity contribution >= 4 is 17.8 Å². The van der Waals surface area contributed by atoms with Crippen molar-refractivity contribution in [3.8, 4) is 11.5 Å². The van der Waals surface area contributed by atoms with Gasteiger partial charge in [-0.05, 0) is 29.7 Å². The first-order valence-electron chi connectivity index (χ1n) is 10.2. The second-order valence-corrected chi connectivity index (χ2v) is 7.35. The first-order chi connectivity index (χ1) is 15.5. The number of aliphatic hydroxyl groups excluding tert-OH is 1. The van der Waals surface area contributed by atoms with E-state index in [1.807, 2.05) is 12.1 Å². The number of hydrogen-bond donors (Lipinski definition) is 3. The number of nitrogens with one attached hydrogen (secondary N) is 2. The monoisotopic (exact) mass is 441 g/mol. The quantitative estimate of drug-likeness (QED) is 0.480. The highest BCUT2D eigenvalue weighted by molar-refractivity contribution is 6.05. The molecule has 1 aliphatic heterocycles. The van der Waals surface area contributed by atoms with Crippen molar-refractivity contribution in [2.45, 2.75) is 24.9 Å². The van der Waals surface area contributed by atoms with Gasteiger partial charge in [-0.3, -0.25) is 14.5 Å². The largest absolute Gasteiger partial charge is 0.493 e. The van der Waals surface area contributed by atoms with Crippen LogP contribution < -0.4 is 20.1 Å². The smallest absolute Gasteiger partial charge is 0.324 e. The number of urea groups is 1. The van der Waals surface area contributed by atoms with E-state index >= 15 is 0 Å². The zero-order valence-electron chi connectivity index (χ0n) is 18.0. The molecule has 1 saturated heterocycles. The summed E-state index contributed by atoms with van der Waals surface area (Å²) in [4.78, 5) is 38.5.